The van der Waals surface area contributed by atoms with Gasteiger partial charge in [-0.05, 0) is 30.7 Å². The van der Waals surface area contributed by atoms with Crippen molar-refractivity contribution in [3.05, 3.63) is 24.3 Å². The Morgan fingerprint density at radius 2 is 1.94 bits per heavy atom. The van der Waals surface area contributed by atoms with Crippen LogP contribution in [0, 0.1) is 0 Å². The van der Waals surface area contributed by atoms with Crippen molar-refractivity contribution in [1.29, 1.82) is 0 Å². The molecule has 0 radical (unpaired) electrons. The summed E-state index contributed by atoms with van der Waals surface area (Å²) in [7, 11) is 1.57. The fraction of sp³-hybridized carbons (Fsp3) is 0.333. The average Bonchev–Trinajstić information content (AvgIpc) is 2.64. The molecule has 1 unspecified atom stereocenters. The van der Waals surface area contributed by atoms with Gasteiger partial charge in [-0.1, -0.05) is 6.92 Å². The molecule has 0 aliphatic carbocycles. The number of imide groups is 1. The van der Waals surface area contributed by atoms with Crippen molar-refractivity contribution in [2.24, 2.45) is 0 Å². The Labute approximate surface area is 99.4 Å². The molecule has 0 saturated carbocycles. The lowest BCUT2D eigenvalue weighted by Crippen LogP contribution is -2.31. The summed E-state index contributed by atoms with van der Waals surface area (Å²) in [5.74, 6) is 0.482. The molecule has 0 aromatic heterocycles. The molecule has 1 saturated heterocycles. The van der Waals surface area contributed by atoms with E-state index >= 15 is 0 Å². The van der Waals surface area contributed by atoms with Crippen molar-refractivity contribution in [3.8, 4) is 5.75 Å². The van der Waals surface area contributed by atoms with Crippen molar-refractivity contribution in [3.63, 3.8) is 0 Å². The van der Waals surface area contributed by atoms with Crippen LogP contribution in [0.15, 0.2) is 24.3 Å². The highest BCUT2D eigenvalue weighted by molar-refractivity contribution is 6.21. The summed E-state index contributed by atoms with van der Waals surface area (Å²) < 4.78 is 5.02. The highest BCUT2D eigenvalue weighted by atomic mass is 16.5. The minimum atomic E-state index is -0.412. The van der Waals surface area contributed by atoms with Crippen LogP contribution < -0.4 is 15.0 Å². The maximum Gasteiger partial charge on any atom is 0.329 e. The molecule has 0 bridgehead atoms. The standard InChI is InChI=1S/C12H14N2O3/c1-3-10-11(15)14(12(16)13-10)8-4-6-9(17-2)7-5-8/h4-7,10H,3H2,1-2H3,(H,13,16). The molecule has 2 rings (SSSR count). The minimum absolute atomic E-state index is 0.206. The number of hydrogen-bond acceptors (Lipinski definition) is 3. The second-order valence-electron chi connectivity index (χ2n) is 3.78. The average molecular weight is 234 g/mol. The van der Waals surface area contributed by atoms with Crippen LogP contribution in [0.3, 0.4) is 0 Å². The lowest BCUT2D eigenvalue weighted by molar-refractivity contribution is -0.118. The molecule has 5 heteroatoms. The lowest BCUT2D eigenvalue weighted by Gasteiger charge is -2.13. The molecule has 1 N–H and O–H groups in total. The number of methoxy groups -OCH3 is 1. The maximum atomic E-state index is 11.9. The van der Waals surface area contributed by atoms with Gasteiger partial charge < -0.3 is 10.1 Å². The van der Waals surface area contributed by atoms with Gasteiger partial charge in [-0.2, -0.15) is 0 Å². The van der Waals surface area contributed by atoms with E-state index in [4.69, 9.17) is 4.74 Å². The zero-order chi connectivity index (χ0) is 12.4. The number of nitrogens with zero attached hydrogens (tertiary/aromatic N) is 1. The second-order valence-corrected chi connectivity index (χ2v) is 3.78. The van der Waals surface area contributed by atoms with Crippen molar-refractivity contribution < 1.29 is 14.3 Å². The van der Waals surface area contributed by atoms with Gasteiger partial charge in [-0.15, -0.1) is 0 Å². The SMILES string of the molecule is CCC1NC(=O)N(c2ccc(OC)cc2)C1=O. The minimum Gasteiger partial charge on any atom is -0.497 e. The van der Waals surface area contributed by atoms with E-state index in [9.17, 15) is 9.59 Å². The highest BCUT2D eigenvalue weighted by Crippen LogP contribution is 2.23. The second kappa shape index (κ2) is 4.45. The molecule has 0 spiro atoms. The summed E-state index contributed by atoms with van der Waals surface area (Å²) >= 11 is 0. The quantitative estimate of drug-likeness (QED) is 0.807. The summed E-state index contributed by atoms with van der Waals surface area (Å²) in [6.07, 6.45) is 0.594. The molecule has 1 aliphatic heterocycles. The first-order valence-electron chi connectivity index (χ1n) is 5.46. The van der Waals surface area contributed by atoms with E-state index < -0.39 is 6.04 Å². The first-order valence-corrected chi connectivity index (χ1v) is 5.46. The third-order valence-corrected chi connectivity index (χ3v) is 2.76. The van der Waals surface area contributed by atoms with Crippen molar-refractivity contribution in [2.45, 2.75) is 19.4 Å². The van der Waals surface area contributed by atoms with Crippen LogP contribution in [-0.4, -0.2) is 25.1 Å². The van der Waals surface area contributed by atoms with Crippen LogP contribution in [0.2, 0.25) is 0 Å². The highest BCUT2D eigenvalue weighted by Gasteiger charge is 2.37. The summed E-state index contributed by atoms with van der Waals surface area (Å²) in [5, 5.41) is 2.64. The van der Waals surface area contributed by atoms with Gasteiger partial charge in [0, 0.05) is 0 Å². The van der Waals surface area contributed by atoms with Gasteiger partial charge in [-0.25, -0.2) is 9.69 Å². The molecule has 90 valence electrons. The molecular formula is C12H14N2O3. The molecule has 3 amide bonds. The van der Waals surface area contributed by atoms with Gasteiger partial charge in [0.2, 0.25) is 0 Å². The fourth-order valence-corrected chi connectivity index (χ4v) is 1.78. The van der Waals surface area contributed by atoms with Crippen molar-refractivity contribution in [1.82, 2.24) is 5.32 Å². The molecule has 1 aromatic rings. The largest absolute Gasteiger partial charge is 0.497 e. The van der Waals surface area contributed by atoms with E-state index in [-0.39, 0.29) is 11.9 Å². The fourth-order valence-electron chi connectivity index (χ4n) is 1.78. The van der Waals surface area contributed by atoms with Gasteiger partial charge in [0.15, 0.2) is 0 Å². The van der Waals surface area contributed by atoms with E-state index in [0.29, 0.717) is 17.9 Å². The molecule has 1 atom stereocenters. The zero-order valence-electron chi connectivity index (χ0n) is 9.77. The van der Waals surface area contributed by atoms with E-state index in [1.54, 1.807) is 31.4 Å². The third-order valence-electron chi connectivity index (χ3n) is 2.76. The molecule has 5 nitrogen and oxygen atoms in total. The Balaban J connectivity index is 2.27. The Kier molecular flexibility index (Phi) is 2.99. The Morgan fingerprint density at radius 1 is 1.29 bits per heavy atom. The van der Waals surface area contributed by atoms with Gasteiger partial charge in [-0.3, -0.25) is 4.79 Å². The number of nitrogens with one attached hydrogen (secondary N) is 1. The molecular weight excluding hydrogens is 220 g/mol. The first-order chi connectivity index (χ1) is 8.17. The van der Waals surface area contributed by atoms with Gasteiger partial charge in [0.1, 0.15) is 11.8 Å². The number of amides is 3. The van der Waals surface area contributed by atoms with Gasteiger partial charge in [0.05, 0.1) is 12.8 Å². The smallest absolute Gasteiger partial charge is 0.329 e. The van der Waals surface area contributed by atoms with E-state index in [2.05, 4.69) is 5.32 Å². The predicted molar refractivity (Wildman–Crippen MR) is 63.1 cm³/mol. The Morgan fingerprint density at radius 3 is 2.41 bits per heavy atom. The van der Waals surface area contributed by atoms with Gasteiger partial charge >= 0.3 is 6.03 Å². The van der Waals surface area contributed by atoms with Gasteiger partial charge in [0.25, 0.3) is 5.91 Å². The number of carbonyl (C=O) groups excluding carboxylic acids is 2. The summed E-state index contributed by atoms with van der Waals surface area (Å²) in [6, 6.07) is 6.03. The molecule has 1 fully saturated rings. The summed E-state index contributed by atoms with van der Waals surface area (Å²) in [6.45, 7) is 1.86. The zero-order valence-corrected chi connectivity index (χ0v) is 9.77. The normalized spacial score (nSPS) is 19.4. The first kappa shape index (κ1) is 11.4. The van der Waals surface area contributed by atoms with E-state index in [1.807, 2.05) is 6.92 Å². The van der Waals surface area contributed by atoms with Crippen LogP contribution in [0.1, 0.15) is 13.3 Å². The number of benzene rings is 1. The van der Waals surface area contributed by atoms with Crippen LogP contribution in [0.25, 0.3) is 0 Å². The topological polar surface area (TPSA) is 58.6 Å². The van der Waals surface area contributed by atoms with E-state index in [1.165, 1.54) is 0 Å². The Hall–Kier alpha value is -2.04. The van der Waals surface area contributed by atoms with Crippen LogP contribution in [-0.2, 0) is 4.79 Å². The van der Waals surface area contributed by atoms with Crippen molar-refractivity contribution >= 4 is 17.6 Å². The molecule has 17 heavy (non-hydrogen) atoms. The number of anilines is 1. The molecule has 1 aromatic carbocycles. The van der Waals surface area contributed by atoms with Crippen LogP contribution >= 0.6 is 0 Å². The monoisotopic (exact) mass is 234 g/mol. The van der Waals surface area contributed by atoms with E-state index in [0.717, 1.165) is 4.90 Å². The summed E-state index contributed by atoms with van der Waals surface area (Å²) in [5.41, 5.74) is 0.559. The molecule has 1 aliphatic rings. The number of urea groups is 1. The number of hydrogen-bond donors (Lipinski definition) is 1. The molecule has 1 heterocycles. The Bertz CT molecular complexity index is 442. The number of ether oxygens (including phenoxy) is 1. The maximum absolute atomic E-state index is 11.9. The lowest BCUT2D eigenvalue weighted by atomic mass is 10.2. The predicted octanol–water partition coefficient (Wildman–Crippen LogP) is 1.53. The number of rotatable bonds is 3. The third kappa shape index (κ3) is 1.95. The van der Waals surface area contributed by atoms with Crippen LogP contribution in [0.4, 0.5) is 10.5 Å². The summed E-state index contributed by atoms with van der Waals surface area (Å²) in [4.78, 5) is 24.7. The van der Waals surface area contributed by atoms with Crippen molar-refractivity contribution in [2.75, 3.05) is 12.0 Å². The van der Waals surface area contributed by atoms with Crippen LogP contribution in [0.5, 0.6) is 5.75 Å². The number of carbonyl (C=O) groups is 2.